The standard InChI is InChI=1S/C23H20Cl2F2N4O/c24-18-9-13(16-2-4-21(26)29-22(16)27)10-19(25)17(18)8-12-5-6-31(23(12)32)15-1-3-20-14(7-15)11-28-30-20/h2,4,9-12,15H,1,3,5-8H2,(H,28,30)/t12-,15?/m0/s1. The SMILES string of the molecule is O=C1[C@H](Cc2c(Cl)cc(-c3ccc(F)nc3F)cc2Cl)CCN1C1CCc2[nH]ncc2C1. The van der Waals surface area contributed by atoms with Crippen molar-refractivity contribution in [2.75, 3.05) is 6.54 Å². The predicted octanol–water partition coefficient (Wildman–Crippen LogP) is 5.01. The van der Waals surface area contributed by atoms with E-state index in [2.05, 4.69) is 15.2 Å². The lowest BCUT2D eigenvalue weighted by atomic mass is 9.92. The Morgan fingerprint density at radius 1 is 1.16 bits per heavy atom. The topological polar surface area (TPSA) is 61.9 Å². The first-order chi connectivity index (χ1) is 15.4. The van der Waals surface area contributed by atoms with Gasteiger partial charge in [0.05, 0.1) is 6.20 Å². The number of halogens is 4. The van der Waals surface area contributed by atoms with Crippen LogP contribution < -0.4 is 0 Å². The normalized spacial score (nSPS) is 20.6. The van der Waals surface area contributed by atoms with Crippen LogP contribution in [0.5, 0.6) is 0 Å². The second-order valence-electron chi connectivity index (χ2n) is 8.38. The molecule has 166 valence electrons. The number of fused-ring (bicyclic) bond motifs is 1. The molecule has 0 bridgehead atoms. The summed E-state index contributed by atoms with van der Waals surface area (Å²) in [5, 5.41) is 7.84. The van der Waals surface area contributed by atoms with Crippen LogP contribution in [0.1, 0.15) is 29.7 Å². The van der Waals surface area contributed by atoms with Crippen molar-refractivity contribution in [2.45, 2.75) is 38.1 Å². The van der Waals surface area contributed by atoms with Crippen molar-refractivity contribution in [2.24, 2.45) is 5.92 Å². The van der Waals surface area contributed by atoms with Crippen molar-refractivity contribution in [1.29, 1.82) is 0 Å². The predicted molar refractivity (Wildman–Crippen MR) is 118 cm³/mol. The largest absolute Gasteiger partial charge is 0.339 e. The van der Waals surface area contributed by atoms with Gasteiger partial charge >= 0.3 is 0 Å². The van der Waals surface area contributed by atoms with Crippen molar-refractivity contribution in [3.05, 3.63) is 69.2 Å². The summed E-state index contributed by atoms with van der Waals surface area (Å²) in [4.78, 5) is 18.4. The fraction of sp³-hybridized carbons (Fsp3) is 0.348. The summed E-state index contributed by atoms with van der Waals surface area (Å²) in [6.07, 6.45) is 5.63. The second kappa shape index (κ2) is 8.45. The van der Waals surface area contributed by atoms with Crippen LogP contribution in [0.4, 0.5) is 8.78 Å². The van der Waals surface area contributed by atoms with Gasteiger partial charge in [0.15, 0.2) is 0 Å². The lowest BCUT2D eigenvalue weighted by molar-refractivity contribution is -0.133. The maximum absolute atomic E-state index is 14.1. The Hall–Kier alpha value is -2.51. The number of carbonyl (C=O) groups excluding carboxylic acids is 1. The first-order valence-electron chi connectivity index (χ1n) is 10.5. The molecule has 1 fully saturated rings. The number of hydrogen-bond acceptors (Lipinski definition) is 3. The lowest BCUT2D eigenvalue weighted by Gasteiger charge is -2.31. The highest BCUT2D eigenvalue weighted by molar-refractivity contribution is 6.36. The maximum Gasteiger partial charge on any atom is 0.226 e. The molecule has 1 amide bonds. The van der Waals surface area contributed by atoms with Gasteiger partial charge in [-0.25, -0.2) is 0 Å². The average Bonchev–Trinajstić information content (AvgIpc) is 3.36. The Labute approximate surface area is 193 Å². The number of carbonyl (C=O) groups is 1. The van der Waals surface area contributed by atoms with E-state index in [0.717, 1.165) is 37.4 Å². The third-order valence-corrected chi connectivity index (χ3v) is 7.17. The van der Waals surface area contributed by atoms with Crippen LogP contribution in [0.3, 0.4) is 0 Å². The lowest BCUT2D eigenvalue weighted by Crippen LogP contribution is -2.41. The number of pyridine rings is 1. The van der Waals surface area contributed by atoms with E-state index in [4.69, 9.17) is 23.2 Å². The molecule has 32 heavy (non-hydrogen) atoms. The van der Waals surface area contributed by atoms with Gasteiger partial charge in [0.25, 0.3) is 0 Å². The number of H-pyrrole nitrogens is 1. The quantitative estimate of drug-likeness (QED) is 0.538. The number of aryl methyl sites for hydroxylation is 1. The monoisotopic (exact) mass is 476 g/mol. The number of aromatic nitrogens is 3. The summed E-state index contributed by atoms with van der Waals surface area (Å²) in [7, 11) is 0. The Balaban J connectivity index is 1.33. The molecule has 5 rings (SSSR count). The van der Waals surface area contributed by atoms with Gasteiger partial charge in [-0.05, 0) is 73.1 Å². The minimum absolute atomic E-state index is 0.112. The Bertz CT molecular complexity index is 1180. The van der Waals surface area contributed by atoms with Crippen molar-refractivity contribution in [1.82, 2.24) is 20.1 Å². The summed E-state index contributed by atoms with van der Waals surface area (Å²) >= 11 is 13.0. The van der Waals surface area contributed by atoms with Gasteiger partial charge in [-0.2, -0.15) is 18.9 Å². The number of aromatic amines is 1. The van der Waals surface area contributed by atoms with Crippen LogP contribution in [0, 0.1) is 17.8 Å². The van der Waals surface area contributed by atoms with Crippen LogP contribution in [0.25, 0.3) is 11.1 Å². The number of amides is 1. The number of likely N-dealkylation sites (tertiary alicyclic amines) is 1. The van der Waals surface area contributed by atoms with E-state index in [1.54, 1.807) is 12.1 Å². The molecule has 0 radical (unpaired) electrons. The van der Waals surface area contributed by atoms with E-state index >= 15 is 0 Å². The molecule has 9 heteroatoms. The van der Waals surface area contributed by atoms with Crippen LogP contribution in [0.15, 0.2) is 30.5 Å². The second-order valence-corrected chi connectivity index (χ2v) is 9.20. The molecular formula is C23H20Cl2F2N4O. The van der Waals surface area contributed by atoms with E-state index in [9.17, 15) is 13.6 Å². The van der Waals surface area contributed by atoms with Gasteiger partial charge in [-0.1, -0.05) is 23.2 Å². The molecule has 2 atom stereocenters. The fourth-order valence-electron chi connectivity index (χ4n) is 4.81. The molecule has 1 aromatic carbocycles. The fourth-order valence-corrected chi connectivity index (χ4v) is 5.45. The molecule has 2 aliphatic rings. The number of nitrogens with one attached hydrogen (secondary N) is 1. The summed E-state index contributed by atoms with van der Waals surface area (Å²) in [5.41, 5.74) is 3.53. The maximum atomic E-state index is 14.1. The smallest absolute Gasteiger partial charge is 0.226 e. The van der Waals surface area contributed by atoms with Crippen molar-refractivity contribution in [3.63, 3.8) is 0 Å². The van der Waals surface area contributed by atoms with Gasteiger partial charge in [0, 0.05) is 39.8 Å². The van der Waals surface area contributed by atoms with Crippen LogP contribution in [-0.4, -0.2) is 38.6 Å². The third-order valence-electron chi connectivity index (χ3n) is 6.50. The van der Waals surface area contributed by atoms with E-state index < -0.39 is 11.9 Å². The van der Waals surface area contributed by atoms with Crippen LogP contribution in [-0.2, 0) is 24.1 Å². The Morgan fingerprint density at radius 3 is 2.69 bits per heavy atom. The highest BCUT2D eigenvalue weighted by atomic mass is 35.5. The minimum Gasteiger partial charge on any atom is -0.339 e. The zero-order valence-electron chi connectivity index (χ0n) is 17.0. The van der Waals surface area contributed by atoms with Crippen LogP contribution >= 0.6 is 23.2 Å². The summed E-state index contributed by atoms with van der Waals surface area (Å²) in [5.74, 6) is -1.91. The van der Waals surface area contributed by atoms with Gasteiger partial charge in [0.1, 0.15) is 0 Å². The molecule has 0 spiro atoms. The summed E-state index contributed by atoms with van der Waals surface area (Å²) in [6.45, 7) is 0.709. The highest BCUT2D eigenvalue weighted by Gasteiger charge is 2.38. The molecule has 1 saturated heterocycles. The molecule has 3 aromatic rings. The molecular weight excluding hydrogens is 457 g/mol. The van der Waals surface area contributed by atoms with Gasteiger partial charge in [0.2, 0.25) is 17.8 Å². The summed E-state index contributed by atoms with van der Waals surface area (Å²) in [6, 6.07) is 5.73. The third kappa shape index (κ3) is 3.88. The molecule has 1 unspecified atom stereocenters. The summed E-state index contributed by atoms with van der Waals surface area (Å²) < 4.78 is 27.2. The molecule has 0 saturated carbocycles. The van der Waals surface area contributed by atoms with Gasteiger partial charge < -0.3 is 4.90 Å². The molecule has 2 aromatic heterocycles. The van der Waals surface area contributed by atoms with Crippen molar-refractivity contribution in [3.8, 4) is 11.1 Å². The molecule has 1 aliphatic heterocycles. The molecule has 5 nitrogen and oxygen atoms in total. The van der Waals surface area contributed by atoms with Gasteiger partial charge in [-0.15, -0.1) is 0 Å². The number of rotatable bonds is 4. The number of nitrogens with zero attached hydrogens (tertiary/aromatic N) is 3. The van der Waals surface area contributed by atoms with E-state index in [0.29, 0.717) is 34.1 Å². The van der Waals surface area contributed by atoms with Crippen LogP contribution in [0.2, 0.25) is 10.0 Å². The Morgan fingerprint density at radius 2 is 1.94 bits per heavy atom. The van der Waals surface area contributed by atoms with E-state index in [-0.39, 0.29) is 23.4 Å². The van der Waals surface area contributed by atoms with Gasteiger partial charge in [-0.3, -0.25) is 9.89 Å². The van der Waals surface area contributed by atoms with E-state index in [1.165, 1.54) is 11.6 Å². The minimum atomic E-state index is -0.931. The number of hydrogen-bond donors (Lipinski definition) is 1. The van der Waals surface area contributed by atoms with Crippen molar-refractivity contribution >= 4 is 29.1 Å². The van der Waals surface area contributed by atoms with Crippen molar-refractivity contribution < 1.29 is 13.6 Å². The number of benzene rings is 1. The Kier molecular flexibility index (Phi) is 5.63. The highest BCUT2D eigenvalue weighted by Crippen LogP contribution is 2.37. The molecule has 1 N–H and O–H groups in total. The zero-order valence-corrected chi connectivity index (χ0v) is 18.6. The average molecular weight is 477 g/mol. The first-order valence-corrected chi connectivity index (χ1v) is 11.3. The van der Waals surface area contributed by atoms with E-state index in [1.807, 2.05) is 11.1 Å². The first kappa shape index (κ1) is 21.3. The zero-order chi connectivity index (χ0) is 22.4. The molecule has 1 aliphatic carbocycles. The molecule has 3 heterocycles.